The van der Waals surface area contributed by atoms with Gasteiger partial charge < -0.3 is 14.8 Å². The van der Waals surface area contributed by atoms with Gasteiger partial charge in [-0.15, -0.1) is 11.3 Å². The number of aromatic nitrogens is 1. The summed E-state index contributed by atoms with van der Waals surface area (Å²) in [5.74, 6) is -1.69. The van der Waals surface area contributed by atoms with Crippen molar-refractivity contribution in [1.82, 2.24) is 10.3 Å². The molecule has 0 aliphatic carbocycles. The van der Waals surface area contributed by atoms with Crippen LogP contribution in [0.2, 0.25) is 0 Å². The topological polar surface area (TPSA) is 101 Å². The van der Waals surface area contributed by atoms with Gasteiger partial charge in [0.2, 0.25) is 0 Å². The molecule has 0 atom stereocenters. The Morgan fingerprint density at radius 3 is 2.17 bits per heavy atom. The number of thiazole rings is 1. The lowest BCUT2D eigenvalue weighted by molar-refractivity contribution is -0.137. The predicted molar refractivity (Wildman–Crippen MR) is 133 cm³/mol. The molecule has 2 aromatic carbocycles. The van der Waals surface area contributed by atoms with Crippen LogP contribution in [0.5, 0.6) is 0 Å². The molecule has 3 aromatic rings. The first kappa shape index (κ1) is 23.9. The van der Waals surface area contributed by atoms with E-state index in [9.17, 15) is 9.59 Å². The second-order valence-electron chi connectivity index (χ2n) is 7.97. The van der Waals surface area contributed by atoms with Gasteiger partial charge in [-0.05, 0) is 37.6 Å². The van der Waals surface area contributed by atoms with Gasteiger partial charge in [0.05, 0.1) is 48.6 Å². The number of methoxy groups -OCH3 is 2. The molecule has 0 bridgehead atoms. The molecule has 0 fully saturated rings. The maximum absolute atomic E-state index is 12.8. The SMILES string of the molecule is COC(=O)C1=C(C)NC(C)=C(C(=O)OC)C1c1cccc(-c2nc(-c3ccc(C#N)cc3)cs2)c1. The molecule has 1 N–H and O–H groups in total. The highest BCUT2D eigenvalue weighted by atomic mass is 32.1. The van der Waals surface area contributed by atoms with Gasteiger partial charge in [-0.3, -0.25) is 0 Å². The maximum atomic E-state index is 12.8. The molecule has 0 saturated heterocycles. The quantitative estimate of drug-likeness (QED) is 0.511. The van der Waals surface area contributed by atoms with Gasteiger partial charge in [-0.1, -0.05) is 30.3 Å². The van der Waals surface area contributed by atoms with Crippen LogP contribution in [0.3, 0.4) is 0 Å². The van der Waals surface area contributed by atoms with Crippen LogP contribution >= 0.6 is 11.3 Å². The highest BCUT2D eigenvalue weighted by Crippen LogP contribution is 2.40. The van der Waals surface area contributed by atoms with Gasteiger partial charge in [-0.25, -0.2) is 14.6 Å². The molecule has 2 heterocycles. The first-order valence-corrected chi connectivity index (χ1v) is 11.7. The standard InChI is InChI=1S/C27H23N3O4S/c1-15-22(26(31)33-3)24(23(16(2)29-15)27(32)34-4)19-6-5-7-20(12-19)25-30-21(14-35-25)18-10-8-17(13-28)9-11-18/h5-12,14,24,29H,1-4H3. The number of nitrogens with one attached hydrogen (secondary N) is 1. The van der Waals surface area contributed by atoms with Crippen LogP contribution in [-0.2, 0) is 19.1 Å². The smallest absolute Gasteiger partial charge is 0.336 e. The number of nitrogens with zero attached hydrogens (tertiary/aromatic N) is 2. The number of carbonyl (C=O) groups excluding carboxylic acids is 2. The van der Waals surface area contributed by atoms with Gasteiger partial charge in [-0.2, -0.15) is 5.26 Å². The average Bonchev–Trinajstić information content (AvgIpc) is 3.38. The van der Waals surface area contributed by atoms with Crippen molar-refractivity contribution >= 4 is 23.3 Å². The summed E-state index contributed by atoms with van der Waals surface area (Å²) in [6.07, 6.45) is 0. The predicted octanol–water partition coefficient (Wildman–Crippen LogP) is 4.93. The van der Waals surface area contributed by atoms with Crippen LogP contribution in [0.4, 0.5) is 0 Å². The third kappa shape index (κ3) is 4.59. The molecule has 8 heteroatoms. The molecule has 4 rings (SSSR count). The molecule has 1 aliphatic heterocycles. The highest BCUT2D eigenvalue weighted by molar-refractivity contribution is 7.13. The number of allylic oxidation sites excluding steroid dienone is 2. The number of carbonyl (C=O) groups is 2. The molecule has 0 radical (unpaired) electrons. The fourth-order valence-corrected chi connectivity index (χ4v) is 5.02. The minimum Gasteiger partial charge on any atom is -0.466 e. The molecule has 0 spiro atoms. The normalized spacial score (nSPS) is 13.8. The third-order valence-electron chi connectivity index (χ3n) is 5.85. The largest absolute Gasteiger partial charge is 0.466 e. The van der Waals surface area contributed by atoms with Crippen molar-refractivity contribution in [1.29, 1.82) is 5.26 Å². The van der Waals surface area contributed by atoms with E-state index in [0.717, 1.165) is 27.4 Å². The fourth-order valence-electron chi connectivity index (χ4n) is 4.19. The fraction of sp³-hybridized carbons (Fsp3) is 0.185. The summed E-state index contributed by atoms with van der Waals surface area (Å²) in [7, 11) is 2.64. The number of nitriles is 1. The van der Waals surface area contributed by atoms with Crippen LogP contribution in [0, 0.1) is 11.3 Å². The number of rotatable bonds is 5. The number of benzene rings is 2. The number of esters is 2. The lowest BCUT2D eigenvalue weighted by atomic mass is 9.80. The zero-order valence-corrected chi connectivity index (χ0v) is 20.5. The molecular weight excluding hydrogens is 462 g/mol. The van der Waals surface area contributed by atoms with Crippen LogP contribution < -0.4 is 5.32 Å². The zero-order valence-electron chi connectivity index (χ0n) is 19.7. The van der Waals surface area contributed by atoms with E-state index in [1.807, 2.05) is 41.8 Å². The average molecular weight is 486 g/mol. The van der Waals surface area contributed by atoms with E-state index < -0.39 is 17.9 Å². The molecular formula is C27H23N3O4S. The lowest BCUT2D eigenvalue weighted by Crippen LogP contribution is -2.32. The van der Waals surface area contributed by atoms with Gasteiger partial charge >= 0.3 is 11.9 Å². The van der Waals surface area contributed by atoms with Crippen molar-refractivity contribution in [3.05, 3.63) is 87.6 Å². The summed E-state index contributed by atoms with van der Waals surface area (Å²) in [6.45, 7) is 3.57. The van der Waals surface area contributed by atoms with Gasteiger partial charge in [0.25, 0.3) is 0 Å². The Hall–Kier alpha value is -4.22. The first-order valence-electron chi connectivity index (χ1n) is 10.8. The third-order valence-corrected chi connectivity index (χ3v) is 6.74. The van der Waals surface area contributed by atoms with Gasteiger partial charge in [0.15, 0.2) is 0 Å². The molecule has 176 valence electrons. The number of hydrogen-bond acceptors (Lipinski definition) is 8. The lowest BCUT2D eigenvalue weighted by Gasteiger charge is -2.30. The van der Waals surface area contributed by atoms with Crippen molar-refractivity contribution in [2.45, 2.75) is 19.8 Å². The number of hydrogen-bond donors (Lipinski definition) is 1. The molecule has 0 unspecified atom stereocenters. The van der Waals surface area contributed by atoms with E-state index in [1.165, 1.54) is 25.6 Å². The van der Waals surface area contributed by atoms with E-state index in [2.05, 4.69) is 11.4 Å². The number of ether oxygens (including phenoxy) is 2. The Labute approximate surface area is 207 Å². The Balaban J connectivity index is 1.78. The van der Waals surface area contributed by atoms with Gasteiger partial charge in [0.1, 0.15) is 5.01 Å². The van der Waals surface area contributed by atoms with Crippen molar-refractivity contribution in [2.24, 2.45) is 0 Å². The van der Waals surface area contributed by atoms with Crippen LogP contribution in [-0.4, -0.2) is 31.1 Å². The summed E-state index contributed by atoms with van der Waals surface area (Å²) >= 11 is 1.49. The van der Waals surface area contributed by atoms with E-state index in [0.29, 0.717) is 28.1 Å². The molecule has 0 saturated carbocycles. The Morgan fingerprint density at radius 2 is 1.60 bits per heavy atom. The molecule has 35 heavy (non-hydrogen) atoms. The van der Waals surface area contributed by atoms with Crippen molar-refractivity contribution in [2.75, 3.05) is 14.2 Å². The summed E-state index contributed by atoms with van der Waals surface area (Å²) in [4.78, 5) is 30.3. The highest BCUT2D eigenvalue weighted by Gasteiger charge is 2.37. The molecule has 1 aliphatic rings. The van der Waals surface area contributed by atoms with Crippen LogP contribution in [0.15, 0.2) is 76.5 Å². The molecule has 7 nitrogen and oxygen atoms in total. The van der Waals surface area contributed by atoms with E-state index in [1.54, 1.807) is 26.0 Å². The van der Waals surface area contributed by atoms with Crippen molar-refractivity contribution in [3.63, 3.8) is 0 Å². The Bertz CT molecular complexity index is 1370. The maximum Gasteiger partial charge on any atom is 0.336 e. The van der Waals surface area contributed by atoms with Crippen molar-refractivity contribution < 1.29 is 19.1 Å². The Morgan fingerprint density at radius 1 is 0.971 bits per heavy atom. The van der Waals surface area contributed by atoms with E-state index >= 15 is 0 Å². The summed E-state index contributed by atoms with van der Waals surface area (Å²) in [6, 6.07) is 17.0. The minimum absolute atomic E-state index is 0.355. The second kappa shape index (κ2) is 9.95. The van der Waals surface area contributed by atoms with Crippen molar-refractivity contribution in [3.8, 4) is 27.9 Å². The first-order chi connectivity index (χ1) is 16.9. The molecule has 1 aromatic heterocycles. The zero-order chi connectivity index (χ0) is 25.1. The molecule has 0 amide bonds. The van der Waals surface area contributed by atoms with E-state index in [4.69, 9.17) is 19.7 Å². The van der Waals surface area contributed by atoms with E-state index in [-0.39, 0.29) is 0 Å². The summed E-state index contributed by atoms with van der Waals surface area (Å²) in [5.41, 5.74) is 5.87. The Kier molecular flexibility index (Phi) is 6.80. The summed E-state index contributed by atoms with van der Waals surface area (Å²) in [5, 5.41) is 14.9. The van der Waals surface area contributed by atoms with Crippen LogP contribution in [0.1, 0.15) is 30.9 Å². The minimum atomic E-state index is -0.658. The summed E-state index contributed by atoms with van der Waals surface area (Å²) < 4.78 is 10.1. The van der Waals surface area contributed by atoms with Gasteiger partial charge in [0, 0.05) is 27.9 Å². The second-order valence-corrected chi connectivity index (χ2v) is 8.83. The monoisotopic (exact) mass is 485 g/mol. The number of dihydropyridines is 1. The van der Waals surface area contributed by atoms with Crippen LogP contribution in [0.25, 0.3) is 21.8 Å².